The minimum absolute atomic E-state index is 0.0671. The van der Waals surface area contributed by atoms with Crippen LogP contribution in [0.4, 0.5) is 0 Å². The molecule has 4 heteroatoms. The quantitative estimate of drug-likeness (QED) is 0.240. The zero-order chi connectivity index (χ0) is 24.5. The highest BCUT2D eigenvalue weighted by atomic mass is 16.3. The summed E-state index contributed by atoms with van der Waals surface area (Å²) in [6, 6.07) is 29.9. The summed E-state index contributed by atoms with van der Waals surface area (Å²) < 4.78 is 2.16. The minimum Gasteiger partial charge on any atom is -0.508 e. The number of aromatic nitrogens is 1. The first-order valence-corrected chi connectivity index (χ1v) is 12.5. The number of phenols is 1. The van der Waals surface area contributed by atoms with Crippen molar-refractivity contribution in [3.63, 3.8) is 0 Å². The Bertz CT molecular complexity index is 1230. The number of amides is 1. The van der Waals surface area contributed by atoms with Gasteiger partial charge >= 0.3 is 0 Å². The molecule has 4 nitrogen and oxygen atoms in total. The summed E-state index contributed by atoms with van der Waals surface area (Å²) in [6.07, 6.45) is 5.49. The van der Waals surface area contributed by atoms with Crippen molar-refractivity contribution in [1.82, 2.24) is 9.88 Å². The van der Waals surface area contributed by atoms with Crippen molar-refractivity contribution in [1.29, 1.82) is 0 Å². The maximum Gasteiger partial charge on any atom is 0.253 e. The van der Waals surface area contributed by atoms with Crippen LogP contribution >= 0.6 is 0 Å². The number of nitrogens with zero attached hydrogens (tertiary/aromatic N) is 1. The molecule has 1 amide bonds. The average molecular weight is 467 g/mol. The predicted molar refractivity (Wildman–Crippen MR) is 143 cm³/mol. The second-order valence-corrected chi connectivity index (χ2v) is 9.08. The van der Waals surface area contributed by atoms with Crippen LogP contribution in [0.5, 0.6) is 5.75 Å². The normalized spacial score (nSPS) is 10.9. The van der Waals surface area contributed by atoms with E-state index < -0.39 is 0 Å². The SMILES string of the molecule is Cc1cc(C(=O)NCCCCCCc2ccccc2)c(-c2cccc(O)c2)n1Cc1ccccc1. The highest BCUT2D eigenvalue weighted by Crippen LogP contribution is 2.30. The van der Waals surface area contributed by atoms with Gasteiger partial charge in [0.05, 0.1) is 11.3 Å². The number of hydrogen-bond acceptors (Lipinski definition) is 2. The Balaban J connectivity index is 1.40. The minimum atomic E-state index is -0.0671. The monoisotopic (exact) mass is 466 g/mol. The smallest absolute Gasteiger partial charge is 0.253 e. The molecule has 0 aliphatic rings. The highest BCUT2D eigenvalue weighted by molar-refractivity contribution is 6.00. The van der Waals surface area contributed by atoms with Crippen LogP contribution in [0.3, 0.4) is 0 Å². The molecule has 0 saturated carbocycles. The number of nitrogens with one attached hydrogen (secondary N) is 1. The number of carbonyl (C=O) groups excluding carboxylic acids is 1. The molecule has 1 heterocycles. The number of aryl methyl sites for hydroxylation is 2. The van der Waals surface area contributed by atoms with Crippen LogP contribution in [0.25, 0.3) is 11.3 Å². The first-order chi connectivity index (χ1) is 17.1. The Morgan fingerprint density at radius 1 is 0.800 bits per heavy atom. The second kappa shape index (κ2) is 12.1. The van der Waals surface area contributed by atoms with E-state index in [1.165, 1.54) is 12.0 Å². The lowest BCUT2D eigenvalue weighted by atomic mass is 10.1. The molecule has 0 atom stereocenters. The van der Waals surface area contributed by atoms with Crippen LogP contribution in [-0.4, -0.2) is 22.1 Å². The Morgan fingerprint density at radius 3 is 2.20 bits per heavy atom. The predicted octanol–water partition coefficient (Wildman–Crippen LogP) is 6.75. The zero-order valence-corrected chi connectivity index (χ0v) is 20.4. The van der Waals surface area contributed by atoms with E-state index in [1.54, 1.807) is 12.1 Å². The van der Waals surface area contributed by atoms with Crippen LogP contribution in [0.1, 0.15) is 52.9 Å². The van der Waals surface area contributed by atoms with Crippen molar-refractivity contribution < 1.29 is 9.90 Å². The maximum atomic E-state index is 13.2. The van der Waals surface area contributed by atoms with Crippen molar-refractivity contribution in [2.75, 3.05) is 6.54 Å². The Hall–Kier alpha value is -3.79. The second-order valence-electron chi connectivity index (χ2n) is 9.08. The van der Waals surface area contributed by atoms with E-state index in [4.69, 9.17) is 0 Å². The molecule has 35 heavy (non-hydrogen) atoms. The molecular formula is C31H34N2O2. The van der Waals surface area contributed by atoms with Crippen molar-refractivity contribution in [3.05, 3.63) is 113 Å². The topological polar surface area (TPSA) is 54.3 Å². The summed E-state index contributed by atoms with van der Waals surface area (Å²) in [5, 5.41) is 13.2. The van der Waals surface area contributed by atoms with Gasteiger partial charge in [-0.3, -0.25) is 4.79 Å². The van der Waals surface area contributed by atoms with Crippen LogP contribution in [0.15, 0.2) is 91.0 Å². The molecular weight excluding hydrogens is 432 g/mol. The van der Waals surface area contributed by atoms with Crippen LogP contribution in [-0.2, 0) is 13.0 Å². The average Bonchev–Trinajstić information content (AvgIpc) is 3.20. The zero-order valence-electron chi connectivity index (χ0n) is 20.4. The van der Waals surface area contributed by atoms with Gasteiger partial charge in [-0.15, -0.1) is 0 Å². The van der Waals surface area contributed by atoms with Crippen molar-refractivity contribution in [2.45, 2.75) is 45.6 Å². The molecule has 0 aliphatic carbocycles. The first kappa shape index (κ1) is 24.3. The lowest BCUT2D eigenvalue weighted by Crippen LogP contribution is -2.24. The molecule has 0 aliphatic heterocycles. The Labute approximate surface area is 208 Å². The van der Waals surface area contributed by atoms with Gasteiger partial charge in [-0.1, -0.05) is 85.6 Å². The molecule has 0 unspecified atom stereocenters. The van der Waals surface area contributed by atoms with Gasteiger partial charge in [-0.25, -0.2) is 0 Å². The number of rotatable bonds is 11. The van der Waals surface area contributed by atoms with E-state index in [-0.39, 0.29) is 11.7 Å². The summed E-state index contributed by atoms with van der Waals surface area (Å²) in [6.45, 7) is 3.34. The van der Waals surface area contributed by atoms with Crippen LogP contribution in [0, 0.1) is 6.92 Å². The molecule has 2 N–H and O–H groups in total. The van der Waals surface area contributed by atoms with Crippen molar-refractivity contribution >= 4 is 5.91 Å². The molecule has 0 fully saturated rings. The number of phenolic OH excluding ortho intramolecular Hbond substituents is 1. The fourth-order valence-corrected chi connectivity index (χ4v) is 4.53. The number of unbranched alkanes of at least 4 members (excludes halogenated alkanes) is 3. The van der Waals surface area contributed by atoms with Crippen LogP contribution in [0.2, 0.25) is 0 Å². The molecule has 0 radical (unpaired) electrons. The summed E-state index contributed by atoms with van der Waals surface area (Å²) in [5.74, 6) is 0.122. The van der Waals surface area contributed by atoms with Gasteiger partial charge in [0.1, 0.15) is 5.75 Å². The van der Waals surface area contributed by atoms with Crippen molar-refractivity contribution in [3.8, 4) is 17.0 Å². The van der Waals surface area contributed by atoms with Gasteiger partial charge in [0, 0.05) is 24.3 Å². The largest absolute Gasteiger partial charge is 0.508 e. The number of aromatic hydroxyl groups is 1. The molecule has 0 bridgehead atoms. The summed E-state index contributed by atoms with van der Waals surface area (Å²) in [5.41, 5.74) is 5.87. The standard InChI is InChI=1S/C31H34N2O2/c1-24-21-29(31(35)32-20-11-3-2-6-13-25-14-7-4-8-15-25)30(27-18-12-19-28(34)22-27)33(24)23-26-16-9-5-10-17-26/h4-5,7-10,12,14-19,21-22,34H,2-3,6,11,13,20,23H2,1H3,(H,32,35). The lowest BCUT2D eigenvalue weighted by molar-refractivity contribution is 0.0953. The Morgan fingerprint density at radius 2 is 1.49 bits per heavy atom. The number of hydrogen-bond donors (Lipinski definition) is 2. The third-order valence-corrected chi connectivity index (χ3v) is 6.37. The third kappa shape index (κ3) is 6.63. The summed E-state index contributed by atoms with van der Waals surface area (Å²) in [7, 11) is 0. The van der Waals surface area contributed by atoms with Crippen LogP contribution < -0.4 is 5.32 Å². The first-order valence-electron chi connectivity index (χ1n) is 12.5. The van der Waals surface area contributed by atoms with E-state index in [1.807, 2.05) is 43.3 Å². The molecule has 0 saturated heterocycles. The van der Waals surface area contributed by atoms with Crippen molar-refractivity contribution in [2.24, 2.45) is 0 Å². The van der Waals surface area contributed by atoms with Gasteiger partial charge in [0.2, 0.25) is 0 Å². The van der Waals surface area contributed by atoms with E-state index >= 15 is 0 Å². The fourth-order valence-electron chi connectivity index (χ4n) is 4.53. The van der Waals surface area contributed by atoms with Gasteiger partial charge < -0.3 is 15.0 Å². The Kier molecular flexibility index (Phi) is 8.39. The molecule has 180 valence electrons. The third-order valence-electron chi connectivity index (χ3n) is 6.37. The molecule has 4 rings (SSSR count). The molecule has 4 aromatic rings. The summed E-state index contributed by atoms with van der Waals surface area (Å²) in [4.78, 5) is 13.2. The van der Waals surface area contributed by atoms with E-state index in [9.17, 15) is 9.90 Å². The number of carbonyl (C=O) groups is 1. The van der Waals surface area contributed by atoms with E-state index in [0.29, 0.717) is 18.7 Å². The number of benzene rings is 3. The van der Waals surface area contributed by atoms with Gasteiger partial charge in [-0.2, -0.15) is 0 Å². The highest BCUT2D eigenvalue weighted by Gasteiger charge is 2.20. The van der Waals surface area contributed by atoms with Gasteiger partial charge in [0.15, 0.2) is 0 Å². The van der Waals surface area contributed by atoms with Gasteiger partial charge in [-0.05, 0) is 55.5 Å². The van der Waals surface area contributed by atoms with E-state index in [0.717, 1.165) is 48.2 Å². The molecule has 0 spiro atoms. The molecule has 1 aromatic heterocycles. The van der Waals surface area contributed by atoms with Gasteiger partial charge in [0.25, 0.3) is 5.91 Å². The lowest BCUT2D eigenvalue weighted by Gasteiger charge is -2.14. The molecule has 3 aromatic carbocycles. The summed E-state index contributed by atoms with van der Waals surface area (Å²) >= 11 is 0. The maximum absolute atomic E-state index is 13.2. The van der Waals surface area contributed by atoms with E-state index in [2.05, 4.69) is 52.3 Å². The fraction of sp³-hybridized carbons (Fsp3) is 0.258.